The van der Waals surface area contributed by atoms with Gasteiger partial charge in [-0.2, -0.15) is 13.2 Å². The van der Waals surface area contributed by atoms with Crippen molar-refractivity contribution in [2.24, 2.45) is 0 Å². The van der Waals surface area contributed by atoms with Crippen molar-refractivity contribution in [1.82, 2.24) is 4.98 Å². The van der Waals surface area contributed by atoms with Gasteiger partial charge in [-0.15, -0.1) is 11.3 Å². The number of thiazole rings is 1. The average Bonchev–Trinajstić information content (AvgIpc) is 2.92. The van der Waals surface area contributed by atoms with Gasteiger partial charge in [-0.1, -0.05) is 20.8 Å². The lowest BCUT2D eigenvalue weighted by atomic mass is 10.1. The Morgan fingerprint density at radius 2 is 1.86 bits per heavy atom. The number of halogens is 3. The second-order valence-corrected chi connectivity index (χ2v) is 13.2. The smallest absolute Gasteiger partial charge is 0.414 e. The molecule has 1 aliphatic rings. The largest absolute Gasteiger partial charge is 0.434 e. The summed E-state index contributed by atoms with van der Waals surface area (Å²) < 4.78 is 44.3. The summed E-state index contributed by atoms with van der Waals surface area (Å²) in [5, 5.41) is 1.88. The van der Waals surface area contributed by atoms with Crippen molar-refractivity contribution in [3.63, 3.8) is 0 Å². The fourth-order valence-electron chi connectivity index (χ4n) is 2.47. The molecule has 2 unspecified atom stereocenters. The van der Waals surface area contributed by atoms with Crippen LogP contribution < -0.4 is 0 Å². The van der Waals surface area contributed by atoms with E-state index in [9.17, 15) is 13.2 Å². The topological polar surface area (TPSA) is 22.1 Å². The molecule has 0 aromatic carbocycles. The van der Waals surface area contributed by atoms with E-state index in [0.717, 1.165) is 36.0 Å². The van der Waals surface area contributed by atoms with E-state index in [1.807, 2.05) is 0 Å². The quantitative estimate of drug-likeness (QED) is 0.640. The molecule has 0 radical (unpaired) electrons. The van der Waals surface area contributed by atoms with Crippen LogP contribution in [0.4, 0.5) is 13.2 Å². The van der Waals surface area contributed by atoms with Crippen LogP contribution >= 0.6 is 11.3 Å². The van der Waals surface area contributed by atoms with Crippen molar-refractivity contribution >= 4 is 19.7 Å². The second-order valence-electron chi connectivity index (χ2n) is 7.58. The predicted octanol–water partition coefficient (Wildman–Crippen LogP) is 5.82. The monoisotopic (exact) mass is 351 g/mol. The number of alkyl halides is 3. The van der Waals surface area contributed by atoms with Crippen LogP contribution in [-0.4, -0.2) is 19.4 Å². The Labute approximate surface area is 135 Å². The molecule has 0 N–H and O–H groups in total. The van der Waals surface area contributed by atoms with Crippen LogP contribution in [0.5, 0.6) is 0 Å². The first-order valence-electron chi connectivity index (χ1n) is 7.60. The number of hydrogen-bond acceptors (Lipinski definition) is 3. The lowest BCUT2D eigenvalue weighted by Crippen LogP contribution is -2.43. The van der Waals surface area contributed by atoms with E-state index in [2.05, 4.69) is 38.8 Å². The first-order valence-corrected chi connectivity index (χ1v) is 11.4. The van der Waals surface area contributed by atoms with E-state index in [1.165, 1.54) is 0 Å². The molecule has 126 valence electrons. The van der Waals surface area contributed by atoms with Crippen molar-refractivity contribution in [3.05, 3.63) is 16.1 Å². The van der Waals surface area contributed by atoms with Gasteiger partial charge in [0, 0.05) is 17.4 Å². The molecule has 2 rings (SSSR count). The van der Waals surface area contributed by atoms with Crippen LogP contribution in [0, 0.1) is 0 Å². The second kappa shape index (κ2) is 5.91. The first-order chi connectivity index (χ1) is 9.90. The fraction of sp³-hybridized carbons (Fsp3) is 0.800. The molecule has 0 saturated heterocycles. The molecule has 2 atom stereocenters. The molecule has 1 saturated carbocycles. The molecule has 0 aliphatic heterocycles. The minimum Gasteiger partial charge on any atom is -0.414 e. The summed E-state index contributed by atoms with van der Waals surface area (Å²) >= 11 is 1.12. The predicted molar refractivity (Wildman–Crippen MR) is 85.8 cm³/mol. The van der Waals surface area contributed by atoms with Crippen LogP contribution in [0.2, 0.25) is 18.1 Å². The molecular weight excluding hydrogens is 327 g/mol. The van der Waals surface area contributed by atoms with Gasteiger partial charge in [0.05, 0.1) is 5.01 Å². The summed E-state index contributed by atoms with van der Waals surface area (Å²) in [6.07, 6.45) is -1.62. The highest BCUT2D eigenvalue weighted by molar-refractivity contribution is 7.09. The Balaban J connectivity index is 2.00. The van der Waals surface area contributed by atoms with E-state index in [4.69, 9.17) is 4.43 Å². The Bertz CT molecular complexity index is 522. The number of rotatable bonds is 3. The zero-order valence-corrected chi connectivity index (χ0v) is 15.6. The van der Waals surface area contributed by atoms with Crippen molar-refractivity contribution in [2.45, 2.75) is 76.4 Å². The summed E-state index contributed by atoms with van der Waals surface area (Å²) in [6, 6.07) is 0. The van der Waals surface area contributed by atoms with E-state index in [1.54, 1.807) is 0 Å². The van der Waals surface area contributed by atoms with Crippen molar-refractivity contribution < 1.29 is 17.6 Å². The average molecular weight is 352 g/mol. The van der Waals surface area contributed by atoms with Crippen molar-refractivity contribution in [2.75, 3.05) is 0 Å². The highest BCUT2D eigenvalue weighted by Crippen LogP contribution is 2.43. The number of hydrogen-bond donors (Lipinski definition) is 0. The van der Waals surface area contributed by atoms with Gasteiger partial charge in [-0.25, -0.2) is 4.98 Å². The summed E-state index contributed by atoms with van der Waals surface area (Å²) in [5.74, 6) is 0.107. The summed E-state index contributed by atoms with van der Waals surface area (Å²) in [4.78, 5) is 3.79. The Morgan fingerprint density at radius 3 is 2.36 bits per heavy atom. The molecule has 1 aromatic rings. The van der Waals surface area contributed by atoms with Crippen molar-refractivity contribution in [3.8, 4) is 0 Å². The zero-order chi connectivity index (χ0) is 16.8. The van der Waals surface area contributed by atoms with Crippen LogP contribution in [0.1, 0.15) is 56.7 Å². The van der Waals surface area contributed by atoms with Gasteiger partial charge in [0.25, 0.3) is 0 Å². The standard InChI is InChI=1S/C15H24F3NOSSi/c1-14(2,3)22(4,5)20-11-7-6-10(8-11)13-19-12(9-21-13)15(16,17)18/h9-11H,6-8H2,1-5H3. The van der Waals surface area contributed by atoms with Crippen LogP contribution in [0.3, 0.4) is 0 Å². The van der Waals surface area contributed by atoms with Gasteiger partial charge in [-0.05, 0) is 37.4 Å². The third kappa shape index (κ3) is 3.92. The molecule has 1 aliphatic carbocycles. The minimum atomic E-state index is -4.34. The van der Waals surface area contributed by atoms with Gasteiger partial charge >= 0.3 is 6.18 Å². The van der Waals surface area contributed by atoms with Gasteiger partial charge in [0.2, 0.25) is 0 Å². The first kappa shape index (κ1) is 17.9. The van der Waals surface area contributed by atoms with E-state index < -0.39 is 20.2 Å². The van der Waals surface area contributed by atoms with Gasteiger partial charge in [0.15, 0.2) is 14.0 Å². The highest BCUT2D eigenvalue weighted by atomic mass is 32.1. The third-order valence-electron chi connectivity index (χ3n) is 4.81. The zero-order valence-electron chi connectivity index (χ0n) is 13.8. The summed E-state index contributed by atoms with van der Waals surface area (Å²) in [5.41, 5.74) is -0.763. The molecule has 2 nitrogen and oxygen atoms in total. The van der Waals surface area contributed by atoms with E-state index in [-0.39, 0.29) is 17.1 Å². The molecule has 7 heteroatoms. The van der Waals surface area contributed by atoms with Gasteiger partial charge in [-0.3, -0.25) is 0 Å². The Hall–Kier alpha value is -0.403. The lowest BCUT2D eigenvalue weighted by molar-refractivity contribution is -0.140. The molecular formula is C15H24F3NOSSi. The highest BCUT2D eigenvalue weighted by Gasteiger charge is 2.41. The maximum atomic E-state index is 12.6. The summed E-state index contributed by atoms with van der Waals surface area (Å²) in [7, 11) is -1.82. The van der Waals surface area contributed by atoms with Crippen LogP contribution in [-0.2, 0) is 10.6 Å². The minimum absolute atomic E-state index is 0.107. The number of nitrogens with zero attached hydrogens (tertiary/aromatic N) is 1. The Kier molecular flexibility index (Phi) is 4.82. The molecule has 1 heterocycles. The molecule has 0 bridgehead atoms. The molecule has 0 spiro atoms. The molecule has 22 heavy (non-hydrogen) atoms. The SMILES string of the molecule is CC(C)(C)[Si](C)(C)OC1CCC(c2nc(C(F)(F)F)cs2)C1. The van der Waals surface area contributed by atoms with Crippen LogP contribution in [0.25, 0.3) is 0 Å². The number of aromatic nitrogens is 1. The fourth-order valence-corrected chi connectivity index (χ4v) is 4.85. The Morgan fingerprint density at radius 1 is 1.23 bits per heavy atom. The molecule has 1 fully saturated rings. The maximum absolute atomic E-state index is 12.6. The van der Waals surface area contributed by atoms with E-state index in [0.29, 0.717) is 5.01 Å². The van der Waals surface area contributed by atoms with Gasteiger partial charge in [0.1, 0.15) is 0 Å². The summed E-state index contributed by atoms with van der Waals surface area (Å²) in [6.45, 7) is 11.0. The van der Waals surface area contributed by atoms with Gasteiger partial charge < -0.3 is 4.43 Å². The van der Waals surface area contributed by atoms with E-state index >= 15 is 0 Å². The molecule has 0 amide bonds. The maximum Gasteiger partial charge on any atom is 0.434 e. The van der Waals surface area contributed by atoms with Crippen molar-refractivity contribution in [1.29, 1.82) is 0 Å². The lowest BCUT2D eigenvalue weighted by Gasteiger charge is -2.38. The van der Waals surface area contributed by atoms with Crippen LogP contribution in [0.15, 0.2) is 5.38 Å². The molecule has 1 aromatic heterocycles. The normalized spacial score (nSPS) is 24.0. The third-order valence-corrected chi connectivity index (χ3v) is 10.4.